The molecule has 4 heteroatoms. The van der Waals surface area contributed by atoms with Crippen LogP contribution in [0.2, 0.25) is 0 Å². The van der Waals surface area contributed by atoms with Gasteiger partial charge in [-0.3, -0.25) is 9.59 Å². The van der Waals surface area contributed by atoms with Gasteiger partial charge in [-0.15, -0.1) is 0 Å². The Hall–Kier alpha value is -0.900. The number of rotatable bonds is 2. The lowest BCUT2D eigenvalue weighted by Crippen LogP contribution is -2.69. The van der Waals surface area contributed by atoms with E-state index < -0.39 is 11.4 Å². The molecule has 5 aliphatic carbocycles. The number of aliphatic hydroxyl groups is 1. The molecule has 4 nitrogen and oxygen atoms in total. The SMILES string of the molecule is C[C@H]1C(=O)CC[C@H]2[C@]3(C)CC[C@@]4(C)[C@@H]5C[C@](C)(CO)CC[C@]5(C(=O)O)CC[C@]4(C)[C@@H]3CC[C@@]21C. The molecule has 0 aromatic rings. The van der Waals surface area contributed by atoms with Crippen LogP contribution < -0.4 is 0 Å². The summed E-state index contributed by atoms with van der Waals surface area (Å²) in [5.41, 5.74) is -0.418. The van der Waals surface area contributed by atoms with Crippen molar-refractivity contribution >= 4 is 11.8 Å². The average Bonchev–Trinajstić information content (AvgIpc) is 2.78. The third-order valence-corrected chi connectivity index (χ3v) is 14.0. The molecular weight excluding hydrogens is 424 g/mol. The van der Waals surface area contributed by atoms with Gasteiger partial charge < -0.3 is 10.2 Å². The van der Waals surface area contributed by atoms with Gasteiger partial charge in [-0.05, 0) is 109 Å². The second-order valence-corrected chi connectivity index (χ2v) is 14.9. The van der Waals surface area contributed by atoms with E-state index in [0.29, 0.717) is 24.0 Å². The Morgan fingerprint density at radius 2 is 1.44 bits per heavy atom. The van der Waals surface area contributed by atoms with Crippen molar-refractivity contribution in [1.29, 1.82) is 0 Å². The zero-order valence-corrected chi connectivity index (χ0v) is 22.5. The van der Waals surface area contributed by atoms with Crippen LogP contribution in [0.1, 0.15) is 112 Å². The highest BCUT2D eigenvalue weighted by Gasteiger charge is 2.72. The first-order chi connectivity index (χ1) is 15.7. The number of hydrogen-bond acceptors (Lipinski definition) is 3. The van der Waals surface area contributed by atoms with Gasteiger partial charge in [0, 0.05) is 18.9 Å². The lowest BCUT2D eigenvalue weighted by Gasteiger charge is -2.74. The summed E-state index contributed by atoms with van der Waals surface area (Å²) in [7, 11) is 0. The van der Waals surface area contributed by atoms with Crippen LogP contribution in [0.15, 0.2) is 0 Å². The molecule has 0 saturated heterocycles. The fourth-order valence-corrected chi connectivity index (χ4v) is 11.3. The third kappa shape index (κ3) is 2.81. The molecule has 0 heterocycles. The molecule has 0 aliphatic heterocycles. The number of fused-ring (bicyclic) bond motifs is 7. The summed E-state index contributed by atoms with van der Waals surface area (Å²) in [6.45, 7) is 14.4. The second-order valence-electron chi connectivity index (χ2n) is 14.9. The number of carboxylic acids is 1. The first kappa shape index (κ1) is 24.8. The van der Waals surface area contributed by atoms with Gasteiger partial charge in [0.2, 0.25) is 0 Å². The molecule has 0 aromatic carbocycles. The van der Waals surface area contributed by atoms with E-state index in [1.165, 1.54) is 0 Å². The fraction of sp³-hybridized carbons (Fsp3) is 0.933. The lowest BCUT2D eigenvalue weighted by molar-refractivity contribution is -0.260. The van der Waals surface area contributed by atoms with Crippen LogP contribution >= 0.6 is 0 Å². The zero-order valence-electron chi connectivity index (χ0n) is 22.5. The highest BCUT2D eigenvalue weighted by atomic mass is 16.4. The van der Waals surface area contributed by atoms with Gasteiger partial charge in [-0.2, -0.15) is 0 Å². The molecule has 5 fully saturated rings. The van der Waals surface area contributed by atoms with E-state index in [1.54, 1.807) is 0 Å². The molecule has 5 saturated carbocycles. The highest BCUT2D eigenvalue weighted by molar-refractivity contribution is 5.82. The van der Waals surface area contributed by atoms with Crippen molar-refractivity contribution in [3.8, 4) is 0 Å². The zero-order chi connectivity index (χ0) is 24.9. The number of Topliss-reactive ketones (excluding diaryl/α,β-unsaturated/α-hetero) is 1. The number of carbonyl (C=O) groups excluding carboxylic acids is 1. The molecule has 2 N–H and O–H groups in total. The van der Waals surface area contributed by atoms with Crippen LogP contribution in [0.3, 0.4) is 0 Å². The standard InChI is InChI=1S/C30H48O4/c1-19-20(32)7-8-21-26(19,3)10-9-22-27(21,4)12-13-29(6)23-17-25(2,18-31)11-15-30(23,24(33)34)16-14-28(22,29)5/h19,21-23,31H,7-18H2,1-6H3,(H,33,34)/t19-,21+,22+,23-,25+,26+,27-,28+,29-,30-/m0/s1. The van der Waals surface area contributed by atoms with Gasteiger partial charge in [0.25, 0.3) is 0 Å². The number of carbonyl (C=O) groups is 2. The molecule has 10 atom stereocenters. The summed E-state index contributed by atoms with van der Waals surface area (Å²) in [6, 6.07) is 0. The summed E-state index contributed by atoms with van der Waals surface area (Å²) < 4.78 is 0. The van der Waals surface area contributed by atoms with Crippen molar-refractivity contribution in [2.24, 2.45) is 56.2 Å². The van der Waals surface area contributed by atoms with E-state index >= 15 is 0 Å². The van der Waals surface area contributed by atoms with Crippen molar-refractivity contribution < 1.29 is 19.8 Å². The van der Waals surface area contributed by atoms with Crippen molar-refractivity contribution in [2.75, 3.05) is 6.61 Å². The van der Waals surface area contributed by atoms with E-state index in [4.69, 9.17) is 0 Å². The predicted molar refractivity (Wildman–Crippen MR) is 133 cm³/mol. The van der Waals surface area contributed by atoms with Crippen molar-refractivity contribution in [2.45, 2.75) is 112 Å². The minimum absolute atomic E-state index is 0.0332. The minimum atomic E-state index is -0.633. The van der Waals surface area contributed by atoms with E-state index in [9.17, 15) is 19.8 Å². The second kappa shape index (κ2) is 7.33. The van der Waals surface area contributed by atoms with Gasteiger partial charge in [0.05, 0.1) is 5.41 Å². The molecule has 34 heavy (non-hydrogen) atoms. The van der Waals surface area contributed by atoms with E-state index in [0.717, 1.165) is 64.2 Å². The van der Waals surface area contributed by atoms with Crippen LogP contribution in [-0.4, -0.2) is 28.6 Å². The summed E-state index contributed by atoms with van der Waals surface area (Å²) >= 11 is 0. The van der Waals surface area contributed by atoms with Gasteiger partial charge >= 0.3 is 5.97 Å². The minimum Gasteiger partial charge on any atom is -0.481 e. The van der Waals surface area contributed by atoms with Crippen LogP contribution in [0.25, 0.3) is 0 Å². The molecule has 0 spiro atoms. The summed E-state index contributed by atoms with van der Waals surface area (Å²) in [4.78, 5) is 25.6. The van der Waals surface area contributed by atoms with Crippen molar-refractivity contribution in [3.63, 3.8) is 0 Å². The molecular formula is C30H48O4. The highest BCUT2D eigenvalue weighted by Crippen LogP contribution is 2.78. The van der Waals surface area contributed by atoms with Crippen molar-refractivity contribution in [3.05, 3.63) is 0 Å². The Kier molecular flexibility index (Phi) is 5.34. The Labute approximate surface area is 206 Å². The molecule has 0 radical (unpaired) electrons. The van der Waals surface area contributed by atoms with E-state index in [-0.39, 0.29) is 45.5 Å². The monoisotopic (exact) mass is 472 g/mol. The Bertz CT molecular complexity index is 898. The maximum absolute atomic E-state index is 12.9. The van der Waals surface area contributed by atoms with Crippen LogP contribution in [0, 0.1) is 56.2 Å². The number of aliphatic carboxylic acids is 1. The maximum Gasteiger partial charge on any atom is 0.309 e. The van der Waals surface area contributed by atoms with Crippen LogP contribution in [0.4, 0.5) is 0 Å². The normalized spacial score (nSPS) is 57.1. The number of aliphatic hydroxyl groups excluding tert-OH is 1. The molecule has 0 aromatic heterocycles. The predicted octanol–water partition coefficient (Wildman–Crippen LogP) is 6.49. The largest absolute Gasteiger partial charge is 0.481 e. The fourth-order valence-electron chi connectivity index (χ4n) is 11.3. The first-order valence-corrected chi connectivity index (χ1v) is 14.1. The van der Waals surface area contributed by atoms with Crippen LogP contribution in [-0.2, 0) is 9.59 Å². The third-order valence-electron chi connectivity index (χ3n) is 14.0. The topological polar surface area (TPSA) is 74.6 Å². The van der Waals surface area contributed by atoms with E-state index in [1.807, 2.05) is 0 Å². The molecule has 0 amide bonds. The van der Waals surface area contributed by atoms with Gasteiger partial charge in [0.15, 0.2) is 0 Å². The van der Waals surface area contributed by atoms with E-state index in [2.05, 4.69) is 41.5 Å². The summed E-state index contributed by atoms with van der Waals surface area (Å²) in [6.07, 6.45) is 10.4. The molecule has 5 aliphatic rings. The summed E-state index contributed by atoms with van der Waals surface area (Å²) in [5.74, 6) is 1.29. The maximum atomic E-state index is 12.9. The summed E-state index contributed by atoms with van der Waals surface area (Å²) in [5, 5.41) is 20.9. The Morgan fingerprint density at radius 1 is 0.824 bits per heavy atom. The molecule has 0 unspecified atom stereocenters. The van der Waals surface area contributed by atoms with Crippen LogP contribution in [0.5, 0.6) is 0 Å². The van der Waals surface area contributed by atoms with Gasteiger partial charge in [-0.1, -0.05) is 41.5 Å². The number of hydrogen-bond donors (Lipinski definition) is 2. The average molecular weight is 473 g/mol. The first-order valence-electron chi connectivity index (χ1n) is 14.1. The smallest absolute Gasteiger partial charge is 0.309 e. The van der Waals surface area contributed by atoms with Gasteiger partial charge in [-0.25, -0.2) is 0 Å². The molecule has 0 bridgehead atoms. The number of ketones is 1. The Morgan fingerprint density at radius 3 is 2.09 bits per heavy atom. The molecule has 192 valence electrons. The number of carboxylic acid groups (broad SMARTS) is 1. The lowest BCUT2D eigenvalue weighted by atomic mass is 9.30. The van der Waals surface area contributed by atoms with Gasteiger partial charge in [0.1, 0.15) is 5.78 Å². The quantitative estimate of drug-likeness (QED) is 0.481. The van der Waals surface area contributed by atoms with Crippen molar-refractivity contribution in [1.82, 2.24) is 0 Å². The Balaban J connectivity index is 1.57. The molecule has 5 rings (SSSR count).